The lowest BCUT2D eigenvalue weighted by atomic mass is 10.00. The minimum atomic E-state index is -1.30. The molecule has 0 aromatic rings. The van der Waals surface area contributed by atoms with Gasteiger partial charge >= 0.3 is 0 Å². The number of hydrogen-bond donors (Lipinski definition) is 3. The molecule has 0 aromatic carbocycles. The van der Waals surface area contributed by atoms with Gasteiger partial charge in [-0.25, -0.2) is 4.99 Å². The van der Waals surface area contributed by atoms with E-state index < -0.39 is 31.4 Å². The molecule has 2 rings (SSSR count). The van der Waals surface area contributed by atoms with E-state index in [1.807, 2.05) is 13.8 Å². The van der Waals surface area contributed by atoms with Crippen LogP contribution < -0.4 is 5.32 Å². The van der Waals surface area contributed by atoms with E-state index in [1.54, 1.807) is 11.1 Å². The zero-order valence-electron chi connectivity index (χ0n) is 16.8. The van der Waals surface area contributed by atoms with Gasteiger partial charge in [-0.2, -0.15) is 0 Å². The second kappa shape index (κ2) is 8.31. The van der Waals surface area contributed by atoms with Crippen molar-refractivity contribution in [1.29, 1.82) is 0 Å². The summed E-state index contributed by atoms with van der Waals surface area (Å²) in [7, 11) is 0. The first-order chi connectivity index (χ1) is 12.4. The number of nitrogens with one attached hydrogen (secondary N) is 1. The van der Waals surface area contributed by atoms with Crippen LogP contribution in [0.1, 0.15) is 27.2 Å². The maximum absolute atomic E-state index is 11.4. The second-order valence-electron chi connectivity index (χ2n) is 8.04. The van der Waals surface area contributed by atoms with Gasteiger partial charge in [0.1, 0.15) is 23.9 Å². The molecule has 1 unspecified atom stereocenters. The minimum absolute atomic E-state index is 0.0617. The average Bonchev–Trinajstić information content (AvgIpc) is 2.81. The van der Waals surface area contributed by atoms with Crippen LogP contribution in [0.3, 0.4) is 0 Å². The summed E-state index contributed by atoms with van der Waals surface area (Å²) >= 11 is 0. The standard InChI is InChI=1S/C19H32N3O4P/c1-8-14-9-22(12(3)20-18(14)21-13(4)23)19-16(25)15(24)17(26-19)11(2)10-27(5,6)7/h9,11,15-17,19,24-25H,3,5,8,10H2,1-2,4,6-7H3,(H,20,21,23)/t11?,15-,16+,17+,19+/m0/s1. The molecular weight excluding hydrogens is 365 g/mol. The summed E-state index contributed by atoms with van der Waals surface area (Å²) in [5.41, 5.74) is 0.796. The molecule has 0 saturated carbocycles. The zero-order chi connectivity index (χ0) is 20.5. The molecule has 5 atom stereocenters. The quantitative estimate of drug-likeness (QED) is 0.610. The molecule has 1 amide bonds. The molecule has 2 aliphatic heterocycles. The van der Waals surface area contributed by atoms with E-state index >= 15 is 0 Å². The first kappa shape index (κ1) is 21.9. The van der Waals surface area contributed by atoms with Crippen molar-refractivity contribution < 1.29 is 19.7 Å². The van der Waals surface area contributed by atoms with Crippen molar-refractivity contribution in [1.82, 2.24) is 10.2 Å². The molecule has 7 nitrogen and oxygen atoms in total. The van der Waals surface area contributed by atoms with Gasteiger partial charge in [0.25, 0.3) is 0 Å². The number of hydrogen-bond acceptors (Lipinski definition) is 6. The number of amides is 1. The number of ether oxygens (including phenoxy) is 1. The van der Waals surface area contributed by atoms with Crippen LogP contribution in [0.4, 0.5) is 0 Å². The Balaban J connectivity index is 2.22. The largest absolute Gasteiger partial charge is 0.388 e. The van der Waals surface area contributed by atoms with Crippen LogP contribution in [0.15, 0.2) is 29.2 Å². The summed E-state index contributed by atoms with van der Waals surface area (Å²) in [5, 5.41) is 23.9. The highest BCUT2D eigenvalue weighted by atomic mass is 31.2. The van der Waals surface area contributed by atoms with E-state index in [1.165, 1.54) is 6.92 Å². The monoisotopic (exact) mass is 397 g/mol. The Morgan fingerprint density at radius 2 is 2.07 bits per heavy atom. The van der Waals surface area contributed by atoms with Crippen molar-refractivity contribution in [2.75, 3.05) is 19.5 Å². The number of carbonyl (C=O) groups excluding carboxylic acids is 1. The van der Waals surface area contributed by atoms with Crippen LogP contribution in [0.25, 0.3) is 0 Å². The summed E-state index contributed by atoms with van der Waals surface area (Å²) in [5.74, 6) is 0.639. The van der Waals surface area contributed by atoms with Gasteiger partial charge < -0.3 is 25.2 Å². The molecule has 2 heterocycles. The second-order valence-corrected chi connectivity index (χ2v) is 12.3. The lowest BCUT2D eigenvalue weighted by molar-refractivity contribution is -0.117. The summed E-state index contributed by atoms with van der Waals surface area (Å²) in [6.07, 6.45) is 4.13. The van der Waals surface area contributed by atoms with Crippen molar-refractivity contribution in [3.8, 4) is 0 Å². The molecule has 1 saturated heterocycles. The fourth-order valence-corrected chi connectivity index (χ4v) is 5.35. The number of amidine groups is 1. The lowest BCUT2D eigenvalue weighted by Gasteiger charge is -2.33. The number of aliphatic imine (C=N–C) groups is 1. The lowest BCUT2D eigenvalue weighted by Crippen LogP contribution is -2.43. The van der Waals surface area contributed by atoms with E-state index in [0.717, 1.165) is 11.7 Å². The van der Waals surface area contributed by atoms with Gasteiger partial charge in [0.15, 0.2) is 6.23 Å². The molecule has 0 aliphatic carbocycles. The molecule has 2 aliphatic rings. The third-order valence-corrected chi connectivity index (χ3v) is 6.27. The third kappa shape index (κ3) is 5.11. The van der Waals surface area contributed by atoms with Gasteiger partial charge in [-0.1, -0.05) is 20.4 Å². The molecular formula is C19H32N3O4P. The Morgan fingerprint density at radius 1 is 1.44 bits per heavy atom. The third-order valence-electron chi connectivity index (χ3n) is 4.71. The molecule has 152 valence electrons. The highest BCUT2D eigenvalue weighted by molar-refractivity contribution is 7.72. The van der Waals surface area contributed by atoms with Crippen LogP contribution >= 0.6 is 6.89 Å². The zero-order valence-corrected chi connectivity index (χ0v) is 17.7. The number of nitrogens with zero attached hydrogens (tertiary/aromatic N) is 2. The number of rotatable bonds is 5. The maximum Gasteiger partial charge on any atom is 0.222 e. The van der Waals surface area contributed by atoms with Gasteiger partial charge in [0.2, 0.25) is 5.91 Å². The van der Waals surface area contributed by atoms with E-state index in [4.69, 9.17) is 4.74 Å². The highest BCUT2D eigenvalue weighted by Gasteiger charge is 2.48. The van der Waals surface area contributed by atoms with Crippen LogP contribution in [0.2, 0.25) is 0 Å². The fraction of sp³-hybridized carbons (Fsp3) is 0.632. The average molecular weight is 397 g/mol. The molecule has 27 heavy (non-hydrogen) atoms. The van der Waals surface area contributed by atoms with Crippen molar-refractivity contribution in [3.05, 3.63) is 24.2 Å². The molecule has 0 spiro atoms. The Labute approximate surface area is 161 Å². The van der Waals surface area contributed by atoms with Gasteiger partial charge in [-0.3, -0.25) is 4.79 Å². The first-order valence-electron chi connectivity index (χ1n) is 9.18. The van der Waals surface area contributed by atoms with Gasteiger partial charge in [0, 0.05) is 18.7 Å². The molecule has 8 heteroatoms. The van der Waals surface area contributed by atoms with Gasteiger partial charge in [0.05, 0.1) is 6.10 Å². The smallest absolute Gasteiger partial charge is 0.222 e. The Hall–Kier alpha value is -1.40. The van der Waals surface area contributed by atoms with Crippen LogP contribution in [-0.4, -0.2) is 77.2 Å². The number of aliphatic hydroxyl groups excluding tert-OH is 2. The summed E-state index contributed by atoms with van der Waals surface area (Å²) in [4.78, 5) is 17.4. The number of carbonyl (C=O) groups is 1. The topological polar surface area (TPSA) is 94.4 Å². The minimum Gasteiger partial charge on any atom is -0.388 e. The maximum atomic E-state index is 11.4. The summed E-state index contributed by atoms with van der Waals surface area (Å²) in [6.45, 7) is 12.3. The Bertz CT molecular complexity index is 712. The summed E-state index contributed by atoms with van der Waals surface area (Å²) < 4.78 is 6.07. The molecule has 0 aromatic heterocycles. The predicted molar refractivity (Wildman–Crippen MR) is 111 cm³/mol. The van der Waals surface area contributed by atoms with Crippen molar-refractivity contribution >= 4 is 24.9 Å². The van der Waals surface area contributed by atoms with Crippen molar-refractivity contribution in [2.24, 2.45) is 10.9 Å². The van der Waals surface area contributed by atoms with E-state index in [9.17, 15) is 15.0 Å². The van der Waals surface area contributed by atoms with Crippen molar-refractivity contribution in [3.63, 3.8) is 0 Å². The van der Waals surface area contributed by atoms with Crippen LogP contribution in [0.5, 0.6) is 0 Å². The SMILES string of the molecule is C=C1N=C(NC(C)=O)C(CC)=CN1[C@@H]1O[C@H](C(C)CP(=C)(C)C)[C@@H](O)[C@H]1O. The van der Waals surface area contributed by atoms with Crippen LogP contribution in [-0.2, 0) is 9.53 Å². The van der Waals surface area contributed by atoms with Gasteiger partial charge in [-0.05, 0) is 31.8 Å². The molecule has 0 bridgehead atoms. The van der Waals surface area contributed by atoms with Crippen LogP contribution in [0, 0.1) is 5.92 Å². The molecule has 3 N–H and O–H groups in total. The predicted octanol–water partition coefficient (Wildman–Crippen LogP) is 1.39. The van der Waals surface area contributed by atoms with Crippen molar-refractivity contribution in [2.45, 2.75) is 51.7 Å². The van der Waals surface area contributed by atoms with E-state index in [0.29, 0.717) is 18.1 Å². The highest BCUT2D eigenvalue weighted by Crippen LogP contribution is 2.41. The number of aliphatic hydroxyl groups is 2. The first-order valence-corrected chi connectivity index (χ1v) is 12.2. The molecule has 1 fully saturated rings. The Morgan fingerprint density at radius 3 is 2.59 bits per heavy atom. The fourth-order valence-electron chi connectivity index (χ4n) is 3.59. The van der Waals surface area contributed by atoms with Gasteiger partial charge in [-0.15, -0.1) is 13.2 Å². The van der Waals surface area contributed by atoms with E-state index in [2.05, 4.69) is 36.5 Å². The van der Waals surface area contributed by atoms with E-state index in [-0.39, 0.29) is 11.8 Å². The molecule has 0 radical (unpaired) electrons. The Kier molecular flexibility index (Phi) is 6.74. The summed E-state index contributed by atoms with van der Waals surface area (Å²) in [6, 6.07) is 0. The normalized spacial score (nSPS) is 30.0.